The zero-order valence-corrected chi connectivity index (χ0v) is 14.7. The van der Waals surface area contributed by atoms with Gasteiger partial charge < -0.3 is 15.4 Å². The number of carbonyl (C=O) groups excluding carboxylic acids is 2. The largest absolute Gasteiger partial charge is 0.363 e. The van der Waals surface area contributed by atoms with E-state index in [-0.39, 0.29) is 11.8 Å². The number of hydrogen-bond acceptors (Lipinski definition) is 4. The van der Waals surface area contributed by atoms with Crippen molar-refractivity contribution in [3.63, 3.8) is 0 Å². The Morgan fingerprint density at radius 3 is 2.82 bits per heavy atom. The van der Waals surface area contributed by atoms with Crippen LogP contribution in [0, 0.1) is 5.82 Å². The Hall–Kier alpha value is -3.19. The number of halogens is 1. The lowest BCUT2D eigenvalue weighted by Gasteiger charge is -2.41. The molecule has 0 aromatic heterocycles. The van der Waals surface area contributed by atoms with Gasteiger partial charge in [0, 0.05) is 18.4 Å². The third kappa shape index (κ3) is 1.75. The van der Waals surface area contributed by atoms with Gasteiger partial charge in [0.05, 0.1) is 17.1 Å². The van der Waals surface area contributed by atoms with Crippen molar-refractivity contribution in [2.75, 3.05) is 15.5 Å². The van der Waals surface area contributed by atoms with Crippen LogP contribution in [-0.4, -0.2) is 23.6 Å². The highest BCUT2D eigenvalue weighted by Gasteiger charge is 2.62. The second-order valence-corrected chi connectivity index (χ2v) is 7.57. The Morgan fingerprint density at radius 2 is 1.96 bits per heavy atom. The summed E-state index contributed by atoms with van der Waals surface area (Å²) in [6.07, 6.45) is 3.79. The minimum atomic E-state index is -1.39. The number of nitrogens with zero attached hydrogens (tertiary/aromatic N) is 1. The molecule has 6 rings (SSSR count). The molecule has 2 amide bonds. The Balaban J connectivity index is 1.66. The summed E-state index contributed by atoms with van der Waals surface area (Å²) < 4.78 is 20.7. The van der Waals surface area contributed by atoms with E-state index in [9.17, 15) is 14.0 Å². The summed E-state index contributed by atoms with van der Waals surface area (Å²) >= 11 is 0. The van der Waals surface area contributed by atoms with Crippen molar-refractivity contribution in [2.45, 2.75) is 30.2 Å². The average Bonchev–Trinajstić information content (AvgIpc) is 3.23. The molecule has 4 aliphatic heterocycles. The normalized spacial score (nSPS) is 31.8. The lowest BCUT2D eigenvalue weighted by molar-refractivity contribution is -0.127. The van der Waals surface area contributed by atoms with Gasteiger partial charge in [-0.2, -0.15) is 0 Å². The highest BCUT2D eigenvalue weighted by atomic mass is 19.1. The molecule has 2 spiro atoms. The summed E-state index contributed by atoms with van der Waals surface area (Å²) in [5, 5.41) is 6.25. The number of amides is 2. The number of anilines is 3. The van der Waals surface area contributed by atoms with Gasteiger partial charge in [-0.1, -0.05) is 18.2 Å². The van der Waals surface area contributed by atoms with Crippen molar-refractivity contribution in [3.8, 4) is 0 Å². The summed E-state index contributed by atoms with van der Waals surface area (Å²) in [5.41, 5.74) is -0.0753. The van der Waals surface area contributed by atoms with Gasteiger partial charge in [-0.05, 0) is 36.4 Å². The standard InChI is InChI=1S/C21H16FN3O3/c22-12-5-6-16-13(11-12)21(19(27)23-14-3-1-2-4-15(14)24-21)17-7-9-20(28-17)10-8-18(26)25(16)20/h1-7,9,11,17,24H,8,10H2,(H,23,27). The predicted octanol–water partition coefficient (Wildman–Crippen LogP) is 2.88. The van der Waals surface area contributed by atoms with Crippen LogP contribution in [0.25, 0.3) is 0 Å². The summed E-state index contributed by atoms with van der Waals surface area (Å²) in [6.45, 7) is 0. The molecule has 4 heterocycles. The summed E-state index contributed by atoms with van der Waals surface area (Å²) in [4.78, 5) is 27.7. The molecule has 4 aliphatic rings. The Morgan fingerprint density at radius 1 is 1.14 bits per heavy atom. The van der Waals surface area contributed by atoms with Gasteiger partial charge in [0.2, 0.25) is 5.91 Å². The third-order valence-electron chi connectivity index (χ3n) is 6.10. The van der Waals surface area contributed by atoms with E-state index in [1.807, 2.05) is 24.3 Å². The molecule has 1 fully saturated rings. The second kappa shape index (κ2) is 4.99. The number of hydrogen-bond donors (Lipinski definition) is 2. The average molecular weight is 377 g/mol. The fourth-order valence-corrected chi connectivity index (χ4v) is 4.85. The minimum absolute atomic E-state index is 0.105. The van der Waals surface area contributed by atoms with Gasteiger partial charge in [0.15, 0.2) is 11.3 Å². The lowest BCUT2D eigenvalue weighted by atomic mass is 9.79. The van der Waals surface area contributed by atoms with Crippen molar-refractivity contribution in [3.05, 3.63) is 66.0 Å². The van der Waals surface area contributed by atoms with Gasteiger partial charge in [-0.3, -0.25) is 14.5 Å². The molecule has 0 radical (unpaired) electrons. The van der Waals surface area contributed by atoms with Crippen molar-refractivity contribution in [1.29, 1.82) is 0 Å². The number of para-hydroxylation sites is 2. The van der Waals surface area contributed by atoms with E-state index < -0.39 is 23.2 Å². The lowest BCUT2D eigenvalue weighted by Crippen LogP contribution is -2.57. The van der Waals surface area contributed by atoms with E-state index in [0.29, 0.717) is 35.5 Å². The fraction of sp³-hybridized carbons (Fsp3) is 0.238. The van der Waals surface area contributed by atoms with Crippen molar-refractivity contribution >= 4 is 28.9 Å². The molecule has 2 bridgehead atoms. The van der Waals surface area contributed by atoms with Crippen LogP contribution >= 0.6 is 0 Å². The van der Waals surface area contributed by atoms with E-state index in [1.54, 1.807) is 23.1 Å². The number of ether oxygens (including phenoxy) is 1. The van der Waals surface area contributed by atoms with Gasteiger partial charge in [0.1, 0.15) is 11.9 Å². The number of fused-ring (bicyclic) bond motifs is 6. The maximum atomic E-state index is 14.3. The molecule has 140 valence electrons. The van der Waals surface area contributed by atoms with Crippen LogP contribution in [0.4, 0.5) is 21.5 Å². The van der Waals surface area contributed by atoms with E-state index >= 15 is 0 Å². The first-order chi connectivity index (χ1) is 13.5. The SMILES string of the molecule is O=C1CCC23C=CC(O2)C2(Nc4ccccc4NC2=O)c2cc(F)ccc2N13. The highest BCUT2D eigenvalue weighted by molar-refractivity contribution is 6.10. The van der Waals surface area contributed by atoms with Crippen molar-refractivity contribution in [1.82, 2.24) is 0 Å². The van der Waals surface area contributed by atoms with Crippen LogP contribution in [0.1, 0.15) is 18.4 Å². The zero-order valence-electron chi connectivity index (χ0n) is 14.7. The summed E-state index contributed by atoms with van der Waals surface area (Å²) in [5.74, 6) is -0.931. The first-order valence-corrected chi connectivity index (χ1v) is 9.22. The molecular formula is C21H16FN3O3. The van der Waals surface area contributed by atoms with E-state index in [0.717, 1.165) is 0 Å². The summed E-state index contributed by atoms with van der Waals surface area (Å²) in [7, 11) is 0. The molecule has 7 heteroatoms. The molecule has 1 saturated heterocycles. The second-order valence-electron chi connectivity index (χ2n) is 7.57. The smallest absolute Gasteiger partial charge is 0.257 e. The fourth-order valence-electron chi connectivity index (χ4n) is 4.85. The maximum Gasteiger partial charge on any atom is 0.257 e. The van der Waals surface area contributed by atoms with Crippen molar-refractivity contribution < 1.29 is 18.7 Å². The molecule has 28 heavy (non-hydrogen) atoms. The molecule has 3 unspecified atom stereocenters. The number of benzene rings is 2. The topological polar surface area (TPSA) is 70.7 Å². The van der Waals surface area contributed by atoms with Crippen LogP contribution in [0.3, 0.4) is 0 Å². The Kier molecular flexibility index (Phi) is 2.82. The molecule has 2 aromatic carbocycles. The van der Waals surface area contributed by atoms with Gasteiger partial charge in [0.25, 0.3) is 5.91 Å². The van der Waals surface area contributed by atoms with E-state index in [1.165, 1.54) is 12.1 Å². The maximum absolute atomic E-state index is 14.3. The number of rotatable bonds is 0. The Bertz CT molecular complexity index is 1100. The van der Waals surface area contributed by atoms with Crippen LogP contribution < -0.4 is 15.5 Å². The molecule has 0 aliphatic carbocycles. The predicted molar refractivity (Wildman–Crippen MR) is 100 cm³/mol. The van der Waals surface area contributed by atoms with Gasteiger partial charge in [-0.25, -0.2) is 4.39 Å². The van der Waals surface area contributed by atoms with Crippen molar-refractivity contribution in [2.24, 2.45) is 0 Å². The first kappa shape index (κ1) is 15.8. The van der Waals surface area contributed by atoms with E-state index in [2.05, 4.69) is 10.6 Å². The van der Waals surface area contributed by atoms with Crippen LogP contribution in [0.5, 0.6) is 0 Å². The van der Waals surface area contributed by atoms with Gasteiger partial charge in [-0.15, -0.1) is 0 Å². The molecule has 2 N–H and O–H groups in total. The van der Waals surface area contributed by atoms with Crippen LogP contribution in [-0.2, 0) is 19.9 Å². The molecule has 2 aromatic rings. The third-order valence-corrected chi connectivity index (χ3v) is 6.10. The van der Waals surface area contributed by atoms with Crippen LogP contribution in [0.2, 0.25) is 0 Å². The molecule has 6 nitrogen and oxygen atoms in total. The zero-order chi connectivity index (χ0) is 19.1. The van der Waals surface area contributed by atoms with Crippen LogP contribution in [0.15, 0.2) is 54.6 Å². The van der Waals surface area contributed by atoms with Gasteiger partial charge >= 0.3 is 0 Å². The van der Waals surface area contributed by atoms with E-state index in [4.69, 9.17) is 4.74 Å². The quantitative estimate of drug-likeness (QED) is 0.693. The minimum Gasteiger partial charge on any atom is -0.363 e. The molecule has 0 saturated carbocycles. The molecule has 3 atom stereocenters. The Labute approximate surface area is 160 Å². The molecular weight excluding hydrogens is 361 g/mol. The highest BCUT2D eigenvalue weighted by Crippen LogP contribution is 2.53. The monoisotopic (exact) mass is 377 g/mol. The number of nitrogens with one attached hydrogen (secondary N) is 2. The first-order valence-electron chi connectivity index (χ1n) is 9.22. The summed E-state index contributed by atoms with van der Waals surface area (Å²) in [6, 6.07) is 11.5. The number of carbonyl (C=O) groups is 2.